The van der Waals surface area contributed by atoms with Gasteiger partial charge in [0, 0.05) is 43.8 Å². The molecule has 2 N–H and O–H groups in total. The third-order valence-corrected chi connectivity index (χ3v) is 7.15. The maximum atomic E-state index is 15.0. The zero-order valence-electron chi connectivity index (χ0n) is 24.3. The molecule has 3 aromatic rings. The fourth-order valence-corrected chi connectivity index (χ4v) is 5.15. The van der Waals surface area contributed by atoms with Crippen LogP contribution in [-0.4, -0.2) is 38.5 Å². The van der Waals surface area contributed by atoms with Crippen LogP contribution in [0.2, 0.25) is 5.02 Å². The zero-order valence-corrected chi connectivity index (χ0v) is 23.1. The van der Waals surface area contributed by atoms with Gasteiger partial charge in [-0.2, -0.15) is 5.10 Å². The Morgan fingerprint density at radius 3 is 2.85 bits per heavy atom. The molecule has 0 fully saturated rings. The van der Waals surface area contributed by atoms with Crippen molar-refractivity contribution in [1.82, 2.24) is 30.0 Å². The van der Waals surface area contributed by atoms with E-state index in [0.29, 0.717) is 23.5 Å². The Kier molecular flexibility index (Phi) is 7.13. The summed E-state index contributed by atoms with van der Waals surface area (Å²) >= 11 is 6.42. The van der Waals surface area contributed by atoms with E-state index in [0.717, 1.165) is 0 Å². The van der Waals surface area contributed by atoms with Crippen molar-refractivity contribution in [2.45, 2.75) is 57.9 Å². The lowest BCUT2D eigenvalue weighted by atomic mass is 9.98. The molecule has 0 aromatic carbocycles. The van der Waals surface area contributed by atoms with Gasteiger partial charge in [0.1, 0.15) is 40.7 Å². The average molecular weight is 595 g/mol. The maximum Gasteiger partial charge on any atom is 0.273 e. The summed E-state index contributed by atoms with van der Waals surface area (Å²) in [4.78, 5) is 28.8. The van der Waals surface area contributed by atoms with Crippen molar-refractivity contribution >= 4 is 17.5 Å². The van der Waals surface area contributed by atoms with E-state index < -0.39 is 58.0 Å². The van der Waals surface area contributed by atoms with Crippen molar-refractivity contribution in [3.63, 3.8) is 0 Å². The molecule has 5 heterocycles. The van der Waals surface area contributed by atoms with Crippen LogP contribution in [-0.2, 0) is 28.1 Å². The second-order valence-electron chi connectivity index (χ2n) is 10.2. The predicted molar refractivity (Wildman–Crippen MR) is 142 cm³/mol. The van der Waals surface area contributed by atoms with E-state index in [1.54, 1.807) is 20.0 Å². The van der Waals surface area contributed by atoms with E-state index in [2.05, 4.69) is 20.7 Å². The monoisotopic (exact) mass is 594 g/mol. The van der Waals surface area contributed by atoms with Crippen molar-refractivity contribution in [2.75, 3.05) is 13.2 Å². The van der Waals surface area contributed by atoms with Crippen molar-refractivity contribution < 1.29 is 30.2 Å². The van der Waals surface area contributed by atoms with Crippen LogP contribution < -0.4 is 20.9 Å². The Morgan fingerprint density at radius 1 is 1.34 bits per heavy atom. The molecule has 14 heteroatoms. The summed E-state index contributed by atoms with van der Waals surface area (Å²) in [6, 6.07) is 1.22. The highest BCUT2D eigenvalue weighted by atomic mass is 35.5. The molecule has 0 saturated heterocycles. The molecule has 0 aliphatic carbocycles. The maximum absolute atomic E-state index is 15.0. The SMILES string of the molecule is [2H]C([2H])(Oc1cc2n(c(=O)c1Cl)[C@@H]1CC(n3cc(F)c(C(C)(C)NC(C)=O)n3)NC=C1COCC2)c1ncc(F)cc1F. The lowest BCUT2D eigenvalue weighted by Crippen LogP contribution is -2.41. The minimum absolute atomic E-state index is 0.0315. The molecule has 2 atom stereocenters. The minimum Gasteiger partial charge on any atom is -0.485 e. The Bertz CT molecular complexity index is 1680. The number of ether oxygens (including phenoxy) is 2. The highest BCUT2D eigenvalue weighted by Gasteiger charge is 2.34. The van der Waals surface area contributed by atoms with Crippen LogP contribution in [0.25, 0.3) is 0 Å². The van der Waals surface area contributed by atoms with Crippen molar-refractivity contribution in [3.8, 4) is 5.75 Å². The first-order chi connectivity index (χ1) is 20.2. The first kappa shape index (κ1) is 26.1. The van der Waals surface area contributed by atoms with Crippen molar-refractivity contribution in [2.24, 2.45) is 0 Å². The zero-order chi connectivity index (χ0) is 31.3. The number of pyridine rings is 2. The normalized spacial score (nSPS) is 19.8. The molecule has 2 aliphatic rings. The largest absolute Gasteiger partial charge is 0.485 e. The molecule has 3 aromatic heterocycles. The Morgan fingerprint density at radius 2 is 2.12 bits per heavy atom. The van der Waals surface area contributed by atoms with Gasteiger partial charge in [-0.3, -0.25) is 14.6 Å². The minimum atomic E-state index is -2.90. The molecule has 0 spiro atoms. The Labute approximate surface area is 240 Å². The number of rotatable bonds is 6. The predicted octanol–water partition coefficient (Wildman–Crippen LogP) is 3.65. The standard InChI is InChI=1S/C27H28ClF3N6O4/c1-14(38)34-27(2,3)25-19(31)11-36(35-25)23-8-21-15(9-33-23)12-40-5-4-17-7-22(24(28)26(39)37(17)21)41-13-20-18(30)6-16(29)10-32-20/h6-7,9-11,21,23,33H,4-5,8,12-13H2,1-3H3,(H,34,38)/t21-,23?/m1/s1/i13D2. The summed E-state index contributed by atoms with van der Waals surface area (Å²) in [6.07, 6.45) is 3.34. The number of fused-ring (bicyclic) bond motifs is 3. The van der Waals surface area contributed by atoms with Gasteiger partial charge in [-0.05, 0) is 19.4 Å². The molecule has 0 radical (unpaired) electrons. The summed E-state index contributed by atoms with van der Waals surface area (Å²) in [5.74, 6) is -3.60. The van der Waals surface area contributed by atoms with Crippen LogP contribution in [0.3, 0.4) is 0 Å². The number of nitrogens with zero attached hydrogens (tertiary/aromatic N) is 4. The van der Waals surface area contributed by atoms with Gasteiger partial charge in [0.2, 0.25) is 5.91 Å². The van der Waals surface area contributed by atoms with Crippen LogP contribution in [0.15, 0.2) is 41.1 Å². The fraction of sp³-hybridized carbons (Fsp3) is 0.407. The lowest BCUT2D eigenvalue weighted by Gasteiger charge is -2.35. The number of hydrogen-bond donors (Lipinski definition) is 2. The van der Waals surface area contributed by atoms with Crippen LogP contribution in [0, 0.1) is 17.5 Å². The quantitative estimate of drug-likeness (QED) is 0.448. The van der Waals surface area contributed by atoms with Gasteiger partial charge in [0.05, 0.1) is 39.9 Å². The highest BCUT2D eigenvalue weighted by Crippen LogP contribution is 2.35. The highest BCUT2D eigenvalue weighted by molar-refractivity contribution is 6.31. The number of hydrogen-bond acceptors (Lipinski definition) is 7. The summed E-state index contributed by atoms with van der Waals surface area (Å²) < 4.78 is 73.1. The summed E-state index contributed by atoms with van der Waals surface area (Å²) in [7, 11) is 0. The molecule has 218 valence electrons. The van der Waals surface area contributed by atoms with Gasteiger partial charge in [-0.25, -0.2) is 17.9 Å². The van der Waals surface area contributed by atoms with E-state index in [4.69, 9.17) is 23.8 Å². The number of carbonyl (C=O) groups is 1. The summed E-state index contributed by atoms with van der Waals surface area (Å²) in [6.45, 7) is 2.08. The molecule has 10 nitrogen and oxygen atoms in total. The smallest absolute Gasteiger partial charge is 0.273 e. The first-order valence-corrected chi connectivity index (χ1v) is 13.1. The Balaban J connectivity index is 1.50. The summed E-state index contributed by atoms with van der Waals surface area (Å²) in [5.41, 5.74) is -1.49. The van der Waals surface area contributed by atoms with Crippen LogP contribution in [0.5, 0.6) is 5.75 Å². The third kappa shape index (κ3) is 5.82. The van der Waals surface area contributed by atoms with E-state index in [1.165, 1.54) is 28.4 Å². The first-order valence-electron chi connectivity index (χ1n) is 13.7. The second-order valence-corrected chi connectivity index (χ2v) is 10.6. The van der Waals surface area contributed by atoms with E-state index >= 15 is 4.39 Å². The fourth-order valence-electron chi connectivity index (χ4n) is 4.97. The van der Waals surface area contributed by atoms with Gasteiger partial charge in [-0.1, -0.05) is 11.6 Å². The van der Waals surface area contributed by atoms with Crippen molar-refractivity contribution in [3.05, 3.63) is 86.2 Å². The van der Waals surface area contributed by atoms with Crippen LogP contribution in [0.1, 0.15) is 59.2 Å². The second kappa shape index (κ2) is 11.2. The van der Waals surface area contributed by atoms with Gasteiger partial charge in [0.25, 0.3) is 5.56 Å². The molecule has 5 rings (SSSR count). The number of amides is 1. The Hall–Kier alpha value is -3.84. The molecule has 2 aliphatic heterocycles. The van der Waals surface area contributed by atoms with E-state index in [1.807, 2.05) is 0 Å². The molecular weight excluding hydrogens is 565 g/mol. The number of aromatic nitrogens is 4. The third-order valence-electron chi connectivity index (χ3n) is 6.80. The van der Waals surface area contributed by atoms with Crippen LogP contribution in [0.4, 0.5) is 13.2 Å². The van der Waals surface area contributed by atoms with Gasteiger partial charge < -0.3 is 24.7 Å². The average Bonchev–Trinajstić information content (AvgIpc) is 3.30. The van der Waals surface area contributed by atoms with E-state index in [9.17, 15) is 18.4 Å². The number of carbonyl (C=O) groups excluding carboxylic acids is 1. The number of halogens is 4. The lowest BCUT2D eigenvalue weighted by molar-refractivity contribution is -0.120. The molecule has 1 unspecified atom stereocenters. The molecule has 0 bridgehead atoms. The van der Waals surface area contributed by atoms with Crippen LogP contribution >= 0.6 is 11.6 Å². The van der Waals surface area contributed by atoms with Gasteiger partial charge in [0.15, 0.2) is 11.6 Å². The van der Waals surface area contributed by atoms with Gasteiger partial charge in [-0.15, -0.1) is 0 Å². The van der Waals surface area contributed by atoms with E-state index in [-0.39, 0.29) is 43.4 Å². The molecule has 0 saturated carbocycles. The summed E-state index contributed by atoms with van der Waals surface area (Å²) in [5, 5.41) is 9.77. The molecule has 41 heavy (non-hydrogen) atoms. The molecule has 1 amide bonds. The molecular formula is C27H28ClF3N6O4. The van der Waals surface area contributed by atoms with Crippen molar-refractivity contribution in [1.29, 1.82) is 0 Å². The number of nitrogens with one attached hydrogen (secondary N) is 2. The van der Waals surface area contributed by atoms with Gasteiger partial charge >= 0.3 is 0 Å². The topological polar surface area (TPSA) is 112 Å².